The van der Waals surface area contributed by atoms with Gasteiger partial charge in [0, 0.05) is 24.7 Å². The molecule has 0 amide bonds. The van der Waals surface area contributed by atoms with Crippen molar-refractivity contribution in [1.82, 2.24) is 14.6 Å². The lowest BCUT2D eigenvalue weighted by atomic mass is 9.84. The van der Waals surface area contributed by atoms with Gasteiger partial charge in [0.2, 0.25) is 12.2 Å². The summed E-state index contributed by atoms with van der Waals surface area (Å²) in [5, 5.41) is 24.4. The molecule has 4 rings (SSSR count). The molecule has 2 unspecified atom stereocenters. The van der Waals surface area contributed by atoms with Gasteiger partial charge in [0.15, 0.2) is 5.65 Å². The van der Waals surface area contributed by atoms with Crippen molar-refractivity contribution in [3.05, 3.63) is 23.5 Å². The SMILES string of the molecule is CCOC(O)c1cc2nc(C3CC34CCCCC4)cc(O)n2n1. The number of aliphatic hydroxyl groups is 1. The van der Waals surface area contributed by atoms with Crippen molar-refractivity contribution in [2.45, 2.75) is 57.7 Å². The molecule has 1 spiro atoms. The average Bonchev–Trinajstić information content (AvgIpc) is 3.05. The van der Waals surface area contributed by atoms with Crippen LogP contribution in [0.3, 0.4) is 0 Å². The Balaban J connectivity index is 1.65. The summed E-state index contributed by atoms with van der Waals surface area (Å²) in [7, 11) is 0. The molecule has 0 aliphatic heterocycles. The van der Waals surface area contributed by atoms with Gasteiger partial charge in [-0.05, 0) is 31.6 Å². The quantitative estimate of drug-likeness (QED) is 0.848. The third kappa shape index (κ3) is 2.50. The van der Waals surface area contributed by atoms with Crippen LogP contribution in [0.1, 0.15) is 69.0 Å². The second kappa shape index (κ2) is 5.46. The molecular formula is C17H23N3O3. The summed E-state index contributed by atoms with van der Waals surface area (Å²) in [5.74, 6) is 0.520. The van der Waals surface area contributed by atoms with Gasteiger partial charge in [-0.3, -0.25) is 0 Å². The predicted molar refractivity (Wildman–Crippen MR) is 84.1 cm³/mol. The highest BCUT2D eigenvalue weighted by Gasteiger charge is 2.55. The summed E-state index contributed by atoms with van der Waals surface area (Å²) in [6.07, 6.45) is 6.60. The van der Waals surface area contributed by atoms with Gasteiger partial charge < -0.3 is 14.9 Å². The lowest BCUT2D eigenvalue weighted by Crippen LogP contribution is -2.09. The molecular weight excluding hydrogens is 294 g/mol. The Hall–Kier alpha value is -1.66. The monoisotopic (exact) mass is 317 g/mol. The number of fused-ring (bicyclic) bond motifs is 1. The Morgan fingerprint density at radius 3 is 2.87 bits per heavy atom. The fourth-order valence-corrected chi connectivity index (χ4v) is 4.11. The zero-order valence-corrected chi connectivity index (χ0v) is 13.4. The minimum atomic E-state index is -1.09. The lowest BCUT2D eigenvalue weighted by Gasteiger charge is -2.22. The Morgan fingerprint density at radius 2 is 2.13 bits per heavy atom. The van der Waals surface area contributed by atoms with Crippen molar-refractivity contribution in [3.8, 4) is 5.88 Å². The van der Waals surface area contributed by atoms with Crippen LogP contribution < -0.4 is 0 Å². The fraction of sp³-hybridized carbons (Fsp3) is 0.647. The molecule has 0 saturated heterocycles. The van der Waals surface area contributed by atoms with Gasteiger partial charge in [-0.15, -0.1) is 0 Å². The highest BCUT2D eigenvalue weighted by atomic mass is 16.6. The molecule has 2 aliphatic carbocycles. The van der Waals surface area contributed by atoms with Crippen molar-refractivity contribution < 1.29 is 14.9 Å². The van der Waals surface area contributed by atoms with E-state index < -0.39 is 6.29 Å². The number of aromatic nitrogens is 3. The van der Waals surface area contributed by atoms with E-state index in [-0.39, 0.29) is 5.88 Å². The van der Waals surface area contributed by atoms with E-state index in [1.807, 2.05) is 6.92 Å². The van der Waals surface area contributed by atoms with E-state index in [2.05, 4.69) is 10.1 Å². The van der Waals surface area contributed by atoms with Gasteiger partial charge in [-0.25, -0.2) is 4.98 Å². The van der Waals surface area contributed by atoms with Gasteiger partial charge >= 0.3 is 0 Å². The van der Waals surface area contributed by atoms with Crippen LogP contribution >= 0.6 is 0 Å². The Kier molecular flexibility index (Phi) is 3.54. The van der Waals surface area contributed by atoms with E-state index in [9.17, 15) is 10.2 Å². The first-order chi connectivity index (χ1) is 11.1. The Morgan fingerprint density at radius 1 is 1.35 bits per heavy atom. The normalized spacial score (nSPS) is 24.2. The predicted octanol–water partition coefficient (Wildman–Crippen LogP) is 2.90. The first-order valence-electron chi connectivity index (χ1n) is 8.52. The van der Waals surface area contributed by atoms with Crippen LogP contribution in [0.2, 0.25) is 0 Å². The van der Waals surface area contributed by atoms with Gasteiger partial charge in [-0.1, -0.05) is 19.3 Å². The van der Waals surface area contributed by atoms with E-state index in [0.717, 1.165) is 5.69 Å². The molecule has 124 valence electrons. The molecule has 2 aromatic rings. The maximum atomic E-state index is 10.3. The maximum Gasteiger partial charge on any atom is 0.215 e. The first kappa shape index (κ1) is 14.9. The van der Waals surface area contributed by atoms with Crippen LogP contribution in [0.5, 0.6) is 5.88 Å². The van der Waals surface area contributed by atoms with Crippen LogP contribution in [-0.4, -0.2) is 31.4 Å². The smallest absolute Gasteiger partial charge is 0.215 e. The third-order valence-corrected chi connectivity index (χ3v) is 5.42. The number of aliphatic hydroxyl groups excluding tert-OH is 1. The summed E-state index contributed by atoms with van der Waals surface area (Å²) in [5.41, 5.74) is 2.31. The number of ether oxygens (including phenoxy) is 1. The van der Waals surface area contributed by atoms with E-state index in [1.54, 1.807) is 12.1 Å². The van der Waals surface area contributed by atoms with Crippen molar-refractivity contribution in [3.63, 3.8) is 0 Å². The van der Waals surface area contributed by atoms with E-state index in [4.69, 9.17) is 4.74 Å². The van der Waals surface area contributed by atoms with Crippen molar-refractivity contribution in [2.75, 3.05) is 6.61 Å². The van der Waals surface area contributed by atoms with Gasteiger partial charge in [0.1, 0.15) is 5.69 Å². The highest BCUT2D eigenvalue weighted by Crippen LogP contribution is 2.66. The first-order valence-corrected chi connectivity index (χ1v) is 8.52. The minimum Gasteiger partial charge on any atom is -0.493 e. The van der Waals surface area contributed by atoms with Crippen LogP contribution in [0, 0.1) is 5.41 Å². The van der Waals surface area contributed by atoms with E-state index in [1.165, 1.54) is 43.0 Å². The van der Waals surface area contributed by atoms with Gasteiger partial charge in [0.25, 0.3) is 0 Å². The van der Waals surface area contributed by atoms with Crippen molar-refractivity contribution >= 4 is 5.65 Å². The molecule has 2 heterocycles. The maximum absolute atomic E-state index is 10.3. The molecule has 6 nitrogen and oxygen atoms in total. The third-order valence-electron chi connectivity index (χ3n) is 5.42. The molecule has 2 fully saturated rings. The van der Waals surface area contributed by atoms with Crippen LogP contribution in [-0.2, 0) is 4.74 Å². The topological polar surface area (TPSA) is 79.9 Å². The van der Waals surface area contributed by atoms with Crippen LogP contribution in [0.15, 0.2) is 12.1 Å². The van der Waals surface area contributed by atoms with Gasteiger partial charge in [-0.2, -0.15) is 9.61 Å². The van der Waals surface area contributed by atoms with E-state index >= 15 is 0 Å². The largest absolute Gasteiger partial charge is 0.493 e. The Labute approximate surface area is 135 Å². The second-order valence-corrected chi connectivity index (χ2v) is 6.87. The number of aromatic hydroxyl groups is 1. The summed E-state index contributed by atoms with van der Waals surface area (Å²) < 4.78 is 6.51. The fourth-order valence-electron chi connectivity index (χ4n) is 4.11. The van der Waals surface area contributed by atoms with Crippen LogP contribution in [0.25, 0.3) is 5.65 Å². The molecule has 2 N–H and O–H groups in total. The zero-order valence-electron chi connectivity index (χ0n) is 13.4. The molecule has 0 bridgehead atoms. The van der Waals surface area contributed by atoms with Gasteiger partial charge in [0.05, 0.1) is 5.69 Å². The summed E-state index contributed by atoms with van der Waals surface area (Å²) in [6.45, 7) is 2.20. The molecule has 0 aromatic carbocycles. The summed E-state index contributed by atoms with van der Waals surface area (Å²) in [4.78, 5) is 4.68. The summed E-state index contributed by atoms with van der Waals surface area (Å²) in [6, 6.07) is 3.41. The lowest BCUT2D eigenvalue weighted by molar-refractivity contribution is -0.101. The van der Waals surface area contributed by atoms with E-state index in [0.29, 0.717) is 29.3 Å². The Bertz CT molecular complexity index is 721. The molecule has 2 aliphatic rings. The molecule has 23 heavy (non-hydrogen) atoms. The van der Waals surface area contributed by atoms with Crippen molar-refractivity contribution in [1.29, 1.82) is 0 Å². The number of nitrogens with zero attached hydrogens (tertiary/aromatic N) is 3. The standard InChI is InChI=1S/C17H23N3O3/c1-2-23-16(22)13-8-14-18-12(9-15(21)20(14)19-13)11-10-17(11)6-4-3-5-7-17/h8-9,11,16,21-22H,2-7,10H2,1H3. The highest BCUT2D eigenvalue weighted by molar-refractivity contribution is 5.45. The van der Waals surface area contributed by atoms with Crippen LogP contribution in [0.4, 0.5) is 0 Å². The molecule has 2 saturated carbocycles. The molecule has 2 atom stereocenters. The zero-order chi connectivity index (χ0) is 16.0. The second-order valence-electron chi connectivity index (χ2n) is 6.87. The minimum absolute atomic E-state index is 0.0674. The molecule has 0 radical (unpaired) electrons. The summed E-state index contributed by atoms with van der Waals surface area (Å²) >= 11 is 0. The average molecular weight is 317 g/mol. The number of hydrogen-bond donors (Lipinski definition) is 2. The number of hydrogen-bond acceptors (Lipinski definition) is 5. The number of rotatable bonds is 4. The molecule has 6 heteroatoms. The molecule has 2 aromatic heterocycles. The van der Waals surface area contributed by atoms with Crippen molar-refractivity contribution in [2.24, 2.45) is 5.41 Å².